The van der Waals surface area contributed by atoms with Crippen molar-refractivity contribution >= 4 is 11.7 Å². The normalized spacial score (nSPS) is 9.89. The number of para-hydroxylation sites is 1. The van der Waals surface area contributed by atoms with Gasteiger partial charge >= 0.3 is 5.97 Å². The molecule has 3 nitrogen and oxygen atoms in total. The Hall–Kier alpha value is -1.77. The van der Waals surface area contributed by atoms with Gasteiger partial charge in [0.2, 0.25) is 0 Å². The topological polar surface area (TPSA) is 38.3 Å². The molecule has 0 aliphatic rings. The summed E-state index contributed by atoms with van der Waals surface area (Å²) >= 11 is 0. The molecular weight excluding hydrogens is 226 g/mol. The number of carbonyl (C=O) groups excluding carboxylic acids is 1. The third kappa shape index (κ3) is 4.24. The molecule has 0 saturated heterocycles. The Labute approximate surface area is 109 Å². The van der Waals surface area contributed by atoms with E-state index in [0.717, 1.165) is 18.5 Å². The van der Waals surface area contributed by atoms with Gasteiger partial charge in [-0.3, -0.25) is 0 Å². The van der Waals surface area contributed by atoms with E-state index in [1.54, 1.807) is 6.92 Å². The predicted octanol–water partition coefficient (Wildman–Crippen LogP) is 3.17. The number of esters is 1. The molecule has 0 aliphatic heterocycles. The summed E-state index contributed by atoms with van der Waals surface area (Å²) in [6.45, 7) is 8.46. The van der Waals surface area contributed by atoms with Crippen molar-refractivity contribution in [2.75, 3.05) is 18.5 Å². The van der Waals surface area contributed by atoms with E-state index in [1.807, 2.05) is 18.2 Å². The smallest absolute Gasteiger partial charge is 0.335 e. The second-order valence-electron chi connectivity index (χ2n) is 4.08. The first kappa shape index (κ1) is 14.3. The van der Waals surface area contributed by atoms with E-state index in [4.69, 9.17) is 4.74 Å². The minimum atomic E-state index is -0.335. The Morgan fingerprint density at radius 2 is 2.06 bits per heavy atom. The van der Waals surface area contributed by atoms with E-state index in [1.165, 1.54) is 5.56 Å². The summed E-state index contributed by atoms with van der Waals surface area (Å²) in [5.41, 5.74) is 2.77. The number of benzene rings is 1. The van der Waals surface area contributed by atoms with Gasteiger partial charge in [0.25, 0.3) is 0 Å². The molecule has 3 heteroatoms. The van der Waals surface area contributed by atoms with Crippen molar-refractivity contribution in [3.63, 3.8) is 0 Å². The molecule has 0 bridgehead atoms. The minimum Gasteiger partial charge on any atom is -0.463 e. The number of rotatable bonds is 7. The molecule has 18 heavy (non-hydrogen) atoms. The zero-order valence-corrected chi connectivity index (χ0v) is 11.2. The average molecular weight is 247 g/mol. The van der Waals surface area contributed by atoms with Crippen LogP contribution >= 0.6 is 0 Å². The molecule has 0 spiro atoms. The lowest BCUT2D eigenvalue weighted by atomic mass is 10.1. The number of anilines is 1. The van der Waals surface area contributed by atoms with Gasteiger partial charge < -0.3 is 10.1 Å². The molecule has 0 saturated carbocycles. The van der Waals surface area contributed by atoms with Crippen molar-refractivity contribution in [3.8, 4) is 0 Å². The van der Waals surface area contributed by atoms with Gasteiger partial charge in [0, 0.05) is 17.8 Å². The zero-order chi connectivity index (χ0) is 13.4. The monoisotopic (exact) mass is 247 g/mol. The van der Waals surface area contributed by atoms with E-state index >= 15 is 0 Å². The van der Waals surface area contributed by atoms with Gasteiger partial charge in [0.15, 0.2) is 0 Å². The van der Waals surface area contributed by atoms with Crippen LogP contribution in [0.25, 0.3) is 0 Å². The summed E-state index contributed by atoms with van der Waals surface area (Å²) in [7, 11) is 0. The van der Waals surface area contributed by atoms with Crippen molar-refractivity contribution in [2.24, 2.45) is 0 Å². The highest BCUT2D eigenvalue weighted by Gasteiger charge is 2.08. The molecule has 0 radical (unpaired) electrons. The number of aryl methyl sites for hydroxylation is 1. The Morgan fingerprint density at radius 3 is 2.72 bits per heavy atom. The summed E-state index contributed by atoms with van der Waals surface area (Å²) in [4.78, 5) is 11.4. The van der Waals surface area contributed by atoms with Crippen LogP contribution in [0.1, 0.15) is 25.8 Å². The first-order valence-electron chi connectivity index (χ1n) is 6.35. The van der Waals surface area contributed by atoms with Gasteiger partial charge in [-0.25, -0.2) is 4.79 Å². The molecule has 1 aromatic carbocycles. The van der Waals surface area contributed by atoms with Crippen LogP contribution in [0.3, 0.4) is 0 Å². The molecule has 0 aliphatic carbocycles. The molecule has 1 aromatic rings. The van der Waals surface area contributed by atoms with Crippen LogP contribution in [0.4, 0.5) is 5.69 Å². The molecule has 0 aromatic heterocycles. The van der Waals surface area contributed by atoms with Crippen LogP contribution in [-0.4, -0.2) is 19.1 Å². The quantitative estimate of drug-likeness (QED) is 0.594. The number of carbonyl (C=O) groups is 1. The predicted molar refractivity (Wildman–Crippen MR) is 74.7 cm³/mol. The van der Waals surface area contributed by atoms with Gasteiger partial charge in [-0.15, -0.1) is 0 Å². The standard InChI is InChI=1S/C15H21NO2/c1-4-8-13-9-6-7-10-14(13)16-11-12(3)15(17)18-5-2/h6-7,9-10,16H,3-5,8,11H2,1-2H3. The molecular formula is C15H21NO2. The summed E-state index contributed by atoms with van der Waals surface area (Å²) in [6.07, 6.45) is 2.12. The molecule has 0 amide bonds. The third-order valence-electron chi connectivity index (χ3n) is 2.59. The lowest BCUT2D eigenvalue weighted by Crippen LogP contribution is -2.15. The van der Waals surface area contributed by atoms with Gasteiger partial charge in [-0.1, -0.05) is 38.1 Å². The maximum Gasteiger partial charge on any atom is 0.335 e. The van der Waals surface area contributed by atoms with Crippen LogP contribution in [0.2, 0.25) is 0 Å². The average Bonchev–Trinajstić information content (AvgIpc) is 2.38. The summed E-state index contributed by atoms with van der Waals surface area (Å²) in [5.74, 6) is -0.335. The SMILES string of the molecule is C=C(CNc1ccccc1CCC)C(=O)OCC. The number of ether oxygens (including phenoxy) is 1. The summed E-state index contributed by atoms with van der Waals surface area (Å²) < 4.78 is 4.89. The Balaban J connectivity index is 2.57. The highest BCUT2D eigenvalue weighted by atomic mass is 16.5. The van der Waals surface area contributed by atoms with E-state index in [2.05, 4.69) is 24.9 Å². The fourth-order valence-corrected chi connectivity index (χ4v) is 1.69. The largest absolute Gasteiger partial charge is 0.463 e. The van der Waals surface area contributed by atoms with Crippen LogP contribution in [0.15, 0.2) is 36.4 Å². The summed E-state index contributed by atoms with van der Waals surface area (Å²) in [6, 6.07) is 8.12. The summed E-state index contributed by atoms with van der Waals surface area (Å²) in [5, 5.41) is 3.24. The van der Waals surface area contributed by atoms with Crippen LogP contribution in [-0.2, 0) is 16.0 Å². The first-order valence-corrected chi connectivity index (χ1v) is 6.35. The lowest BCUT2D eigenvalue weighted by Gasteiger charge is -2.12. The highest BCUT2D eigenvalue weighted by molar-refractivity contribution is 5.88. The molecule has 1 rings (SSSR count). The molecule has 98 valence electrons. The van der Waals surface area contributed by atoms with E-state index in [0.29, 0.717) is 18.7 Å². The Bertz CT molecular complexity index is 413. The van der Waals surface area contributed by atoms with Gasteiger partial charge in [0.05, 0.1) is 6.61 Å². The van der Waals surface area contributed by atoms with Crippen molar-refractivity contribution in [1.29, 1.82) is 0 Å². The Morgan fingerprint density at radius 1 is 1.33 bits per heavy atom. The van der Waals surface area contributed by atoms with Gasteiger partial charge in [-0.2, -0.15) is 0 Å². The van der Waals surface area contributed by atoms with Crippen molar-refractivity contribution in [1.82, 2.24) is 0 Å². The van der Waals surface area contributed by atoms with Crippen LogP contribution in [0.5, 0.6) is 0 Å². The van der Waals surface area contributed by atoms with Crippen LogP contribution < -0.4 is 5.32 Å². The fourth-order valence-electron chi connectivity index (χ4n) is 1.69. The number of nitrogens with one attached hydrogen (secondary N) is 1. The third-order valence-corrected chi connectivity index (χ3v) is 2.59. The fraction of sp³-hybridized carbons (Fsp3) is 0.400. The van der Waals surface area contributed by atoms with E-state index in [9.17, 15) is 4.79 Å². The minimum absolute atomic E-state index is 0.335. The molecule has 0 atom stereocenters. The molecule has 0 unspecified atom stereocenters. The van der Waals surface area contributed by atoms with Gasteiger partial charge in [-0.05, 0) is 25.0 Å². The van der Waals surface area contributed by atoms with E-state index in [-0.39, 0.29) is 5.97 Å². The first-order chi connectivity index (χ1) is 8.69. The second kappa shape index (κ2) is 7.54. The van der Waals surface area contributed by atoms with Crippen molar-refractivity contribution in [2.45, 2.75) is 26.7 Å². The highest BCUT2D eigenvalue weighted by Crippen LogP contribution is 2.17. The maximum atomic E-state index is 11.4. The number of hydrogen-bond donors (Lipinski definition) is 1. The van der Waals surface area contributed by atoms with E-state index < -0.39 is 0 Å². The van der Waals surface area contributed by atoms with Gasteiger partial charge in [0.1, 0.15) is 0 Å². The Kier molecular flexibility index (Phi) is 5.98. The van der Waals surface area contributed by atoms with Crippen molar-refractivity contribution in [3.05, 3.63) is 42.0 Å². The second-order valence-corrected chi connectivity index (χ2v) is 4.08. The molecule has 0 fully saturated rings. The van der Waals surface area contributed by atoms with Crippen molar-refractivity contribution < 1.29 is 9.53 Å². The number of hydrogen-bond acceptors (Lipinski definition) is 3. The molecule has 0 heterocycles. The molecule has 1 N–H and O–H groups in total. The maximum absolute atomic E-state index is 11.4. The van der Waals surface area contributed by atoms with Crippen LogP contribution in [0, 0.1) is 0 Å². The lowest BCUT2D eigenvalue weighted by molar-refractivity contribution is -0.138. The zero-order valence-electron chi connectivity index (χ0n) is 11.2.